The molecule has 0 spiro atoms. The van der Waals surface area contributed by atoms with Crippen molar-refractivity contribution in [2.45, 2.75) is 6.10 Å². The molecule has 0 aliphatic rings. The van der Waals surface area contributed by atoms with E-state index >= 15 is 0 Å². The average Bonchev–Trinajstić information content (AvgIpc) is 2.45. The summed E-state index contributed by atoms with van der Waals surface area (Å²) in [6, 6.07) is 7.81. The molecule has 1 aromatic carbocycles. The van der Waals surface area contributed by atoms with Crippen LogP contribution in [0.1, 0.15) is 22.0 Å². The van der Waals surface area contributed by atoms with Crippen molar-refractivity contribution in [3.8, 4) is 0 Å². The van der Waals surface area contributed by atoms with Crippen molar-refractivity contribution in [2.24, 2.45) is 0 Å². The van der Waals surface area contributed by atoms with Crippen LogP contribution in [-0.2, 0) is 9.53 Å². The van der Waals surface area contributed by atoms with Gasteiger partial charge in [-0.2, -0.15) is 0 Å². The van der Waals surface area contributed by atoms with Gasteiger partial charge in [0.1, 0.15) is 5.56 Å². The Kier molecular flexibility index (Phi) is 3.98. The number of aromatic amines is 2. The molecule has 0 saturated heterocycles. The molecule has 0 bridgehead atoms. The summed E-state index contributed by atoms with van der Waals surface area (Å²) in [6.45, 7) is 0. The van der Waals surface area contributed by atoms with Gasteiger partial charge < -0.3 is 14.8 Å². The van der Waals surface area contributed by atoms with E-state index < -0.39 is 34.9 Å². The Morgan fingerprint density at radius 1 is 1.14 bits per heavy atom. The van der Waals surface area contributed by atoms with Gasteiger partial charge in [0.15, 0.2) is 0 Å². The SMILES string of the molecule is O=C(OC(C(=O)O)c1ccccc1)c1c[nH]c(=O)[nH]c1=O. The van der Waals surface area contributed by atoms with E-state index in [1.807, 2.05) is 4.98 Å². The van der Waals surface area contributed by atoms with E-state index in [4.69, 9.17) is 9.84 Å². The molecule has 0 fully saturated rings. The third kappa shape index (κ3) is 3.24. The third-order valence-corrected chi connectivity index (χ3v) is 2.59. The van der Waals surface area contributed by atoms with Crippen LogP contribution in [0.15, 0.2) is 46.1 Å². The van der Waals surface area contributed by atoms with Crippen molar-refractivity contribution in [2.75, 3.05) is 0 Å². The predicted molar refractivity (Wildman–Crippen MR) is 69.9 cm³/mol. The van der Waals surface area contributed by atoms with Crippen molar-refractivity contribution < 1.29 is 19.4 Å². The van der Waals surface area contributed by atoms with Gasteiger partial charge in [-0.25, -0.2) is 14.4 Å². The normalized spacial score (nSPS) is 11.6. The molecule has 8 nitrogen and oxygen atoms in total. The van der Waals surface area contributed by atoms with Crippen LogP contribution < -0.4 is 11.2 Å². The minimum atomic E-state index is -1.55. The molecule has 3 N–H and O–H groups in total. The van der Waals surface area contributed by atoms with E-state index in [2.05, 4.69) is 4.98 Å². The van der Waals surface area contributed by atoms with Crippen molar-refractivity contribution in [1.82, 2.24) is 9.97 Å². The lowest BCUT2D eigenvalue weighted by Crippen LogP contribution is -2.29. The van der Waals surface area contributed by atoms with E-state index in [0.717, 1.165) is 6.20 Å². The minimum absolute atomic E-state index is 0.249. The summed E-state index contributed by atoms with van der Waals surface area (Å²) >= 11 is 0. The molecular weight excluding hydrogens is 280 g/mol. The molecule has 0 amide bonds. The summed E-state index contributed by atoms with van der Waals surface area (Å²) in [5.74, 6) is -2.53. The van der Waals surface area contributed by atoms with Crippen LogP contribution in [0.25, 0.3) is 0 Å². The lowest BCUT2D eigenvalue weighted by molar-refractivity contribution is -0.147. The van der Waals surface area contributed by atoms with Gasteiger partial charge in [0.25, 0.3) is 5.56 Å². The Morgan fingerprint density at radius 2 is 1.81 bits per heavy atom. The molecule has 1 unspecified atom stereocenters. The highest BCUT2D eigenvalue weighted by Crippen LogP contribution is 2.18. The Balaban J connectivity index is 2.29. The van der Waals surface area contributed by atoms with E-state index in [9.17, 15) is 19.2 Å². The first-order valence-corrected chi connectivity index (χ1v) is 5.80. The zero-order valence-corrected chi connectivity index (χ0v) is 10.5. The van der Waals surface area contributed by atoms with Gasteiger partial charge in [-0.15, -0.1) is 0 Å². The molecule has 0 aliphatic carbocycles. The number of carboxylic acids is 1. The second-order valence-corrected chi connectivity index (χ2v) is 4.02. The van der Waals surface area contributed by atoms with Gasteiger partial charge in [-0.05, 0) is 0 Å². The molecule has 0 radical (unpaired) electrons. The number of carbonyl (C=O) groups excluding carboxylic acids is 1. The van der Waals surface area contributed by atoms with Crippen molar-refractivity contribution in [3.63, 3.8) is 0 Å². The van der Waals surface area contributed by atoms with Gasteiger partial charge >= 0.3 is 17.6 Å². The molecule has 21 heavy (non-hydrogen) atoms. The maximum absolute atomic E-state index is 11.8. The smallest absolute Gasteiger partial charge is 0.349 e. The van der Waals surface area contributed by atoms with Crippen LogP contribution in [0.5, 0.6) is 0 Å². The van der Waals surface area contributed by atoms with Crippen molar-refractivity contribution in [1.29, 1.82) is 0 Å². The number of aliphatic carboxylic acids is 1. The first kappa shape index (κ1) is 14.3. The lowest BCUT2D eigenvalue weighted by atomic mass is 10.1. The second kappa shape index (κ2) is 5.87. The van der Waals surface area contributed by atoms with E-state index in [0.29, 0.717) is 0 Å². The number of rotatable bonds is 4. The quantitative estimate of drug-likeness (QED) is 0.682. The number of ether oxygens (including phenoxy) is 1. The number of hydrogen-bond donors (Lipinski definition) is 3. The summed E-state index contributed by atoms with van der Waals surface area (Å²) in [7, 11) is 0. The summed E-state index contributed by atoms with van der Waals surface area (Å²) in [6.07, 6.45) is -0.682. The first-order valence-electron chi connectivity index (χ1n) is 5.80. The molecule has 8 heteroatoms. The highest BCUT2D eigenvalue weighted by Gasteiger charge is 2.26. The summed E-state index contributed by atoms with van der Waals surface area (Å²) < 4.78 is 4.82. The standard InChI is InChI=1S/C13H10N2O6/c16-10-8(6-14-13(20)15-10)12(19)21-9(11(17)18)7-4-2-1-3-5-7/h1-6,9H,(H,17,18)(H2,14,15,16,20). The molecule has 1 atom stereocenters. The maximum atomic E-state index is 11.8. The summed E-state index contributed by atoms with van der Waals surface area (Å²) in [4.78, 5) is 49.3. The number of H-pyrrole nitrogens is 2. The van der Waals surface area contributed by atoms with Crippen LogP contribution in [0.3, 0.4) is 0 Å². The second-order valence-electron chi connectivity index (χ2n) is 4.02. The number of carboxylic acid groups (broad SMARTS) is 1. The fraction of sp³-hybridized carbons (Fsp3) is 0.0769. The Hall–Kier alpha value is -3.16. The van der Waals surface area contributed by atoms with Crippen LogP contribution in [0.2, 0.25) is 0 Å². The van der Waals surface area contributed by atoms with Gasteiger partial charge in [-0.1, -0.05) is 30.3 Å². The largest absolute Gasteiger partial charge is 0.478 e. The highest BCUT2D eigenvalue weighted by atomic mass is 16.6. The lowest BCUT2D eigenvalue weighted by Gasteiger charge is -2.13. The molecule has 108 valence electrons. The zero-order chi connectivity index (χ0) is 15.4. The maximum Gasteiger partial charge on any atom is 0.349 e. The van der Waals surface area contributed by atoms with Crippen molar-refractivity contribution >= 4 is 11.9 Å². The number of esters is 1. The number of nitrogens with one attached hydrogen (secondary N) is 2. The third-order valence-electron chi connectivity index (χ3n) is 2.59. The first-order chi connectivity index (χ1) is 9.99. The average molecular weight is 290 g/mol. The zero-order valence-electron chi connectivity index (χ0n) is 10.5. The number of aromatic nitrogens is 2. The topological polar surface area (TPSA) is 129 Å². The molecule has 1 heterocycles. The molecular formula is C13H10N2O6. The number of hydrogen-bond acceptors (Lipinski definition) is 5. The number of benzene rings is 1. The highest BCUT2D eigenvalue weighted by molar-refractivity contribution is 5.90. The number of carbonyl (C=O) groups is 2. The molecule has 1 aromatic heterocycles. The van der Waals surface area contributed by atoms with Crippen LogP contribution >= 0.6 is 0 Å². The van der Waals surface area contributed by atoms with Gasteiger partial charge in [0, 0.05) is 11.8 Å². The Labute approximate surface area is 117 Å². The molecule has 2 aromatic rings. The summed E-state index contributed by atoms with van der Waals surface area (Å²) in [5, 5.41) is 9.11. The fourth-order valence-electron chi connectivity index (χ4n) is 1.62. The van der Waals surface area contributed by atoms with E-state index in [-0.39, 0.29) is 5.56 Å². The van der Waals surface area contributed by atoms with Gasteiger partial charge in [-0.3, -0.25) is 9.78 Å². The van der Waals surface area contributed by atoms with Crippen LogP contribution in [-0.4, -0.2) is 27.0 Å². The molecule has 2 rings (SSSR count). The predicted octanol–water partition coefficient (Wildman–Crippen LogP) is 0.0459. The van der Waals surface area contributed by atoms with Crippen LogP contribution in [0, 0.1) is 0 Å². The Bertz CT molecular complexity index is 777. The van der Waals surface area contributed by atoms with Gasteiger partial charge in [0.05, 0.1) is 0 Å². The van der Waals surface area contributed by atoms with Crippen molar-refractivity contribution in [3.05, 3.63) is 68.5 Å². The Morgan fingerprint density at radius 3 is 2.38 bits per heavy atom. The minimum Gasteiger partial charge on any atom is -0.478 e. The summed E-state index contributed by atoms with van der Waals surface area (Å²) in [5.41, 5.74) is -1.98. The monoisotopic (exact) mass is 290 g/mol. The fourth-order valence-corrected chi connectivity index (χ4v) is 1.62. The molecule has 0 aliphatic heterocycles. The van der Waals surface area contributed by atoms with E-state index in [1.54, 1.807) is 18.2 Å². The van der Waals surface area contributed by atoms with Crippen LogP contribution in [0.4, 0.5) is 0 Å². The van der Waals surface area contributed by atoms with E-state index in [1.165, 1.54) is 12.1 Å². The molecule has 0 saturated carbocycles. The van der Waals surface area contributed by atoms with Gasteiger partial charge in [0.2, 0.25) is 6.10 Å².